The predicted octanol–water partition coefficient (Wildman–Crippen LogP) is 4.33. The van der Waals surface area contributed by atoms with Crippen LogP contribution in [-0.4, -0.2) is 11.0 Å². The van der Waals surface area contributed by atoms with E-state index >= 15 is 0 Å². The number of halogens is 2. The third kappa shape index (κ3) is 4.43. The van der Waals surface area contributed by atoms with Crippen molar-refractivity contribution in [1.82, 2.24) is 10.3 Å². The highest BCUT2D eigenvalue weighted by atomic mass is 79.9. The van der Waals surface area contributed by atoms with Crippen LogP contribution in [0, 0.1) is 0 Å². The smallest absolute Gasteiger partial charge is 0.130 e. The van der Waals surface area contributed by atoms with Gasteiger partial charge in [0, 0.05) is 33.8 Å². The lowest BCUT2D eigenvalue weighted by Gasteiger charge is -2.12. The van der Waals surface area contributed by atoms with Crippen LogP contribution in [0.25, 0.3) is 0 Å². The largest absolute Gasteiger partial charge is 0.487 e. The zero-order chi connectivity index (χ0) is 14.7. The summed E-state index contributed by atoms with van der Waals surface area (Å²) in [5.41, 5.74) is 1.99. The SMILES string of the molecule is Clc1ccc(OCc2ccc(Br)cn2)c(CNC2CC2)c1. The van der Waals surface area contributed by atoms with Crippen LogP contribution in [0.4, 0.5) is 0 Å². The van der Waals surface area contributed by atoms with Gasteiger partial charge in [0.15, 0.2) is 0 Å². The van der Waals surface area contributed by atoms with E-state index in [4.69, 9.17) is 16.3 Å². The maximum Gasteiger partial charge on any atom is 0.130 e. The number of nitrogens with zero attached hydrogens (tertiary/aromatic N) is 1. The van der Waals surface area contributed by atoms with Gasteiger partial charge < -0.3 is 10.1 Å². The van der Waals surface area contributed by atoms with Gasteiger partial charge in [0.25, 0.3) is 0 Å². The first-order valence-electron chi connectivity index (χ1n) is 6.96. The van der Waals surface area contributed by atoms with Crippen molar-refractivity contribution in [3.63, 3.8) is 0 Å². The molecule has 1 aliphatic rings. The lowest BCUT2D eigenvalue weighted by molar-refractivity contribution is 0.297. The van der Waals surface area contributed by atoms with Crippen LogP contribution in [0.3, 0.4) is 0 Å². The molecule has 1 N–H and O–H groups in total. The highest BCUT2D eigenvalue weighted by Crippen LogP contribution is 2.26. The van der Waals surface area contributed by atoms with E-state index in [-0.39, 0.29) is 0 Å². The molecule has 3 rings (SSSR count). The van der Waals surface area contributed by atoms with Gasteiger partial charge in [0.05, 0.1) is 5.69 Å². The topological polar surface area (TPSA) is 34.1 Å². The van der Waals surface area contributed by atoms with E-state index in [0.29, 0.717) is 12.6 Å². The van der Waals surface area contributed by atoms with E-state index in [9.17, 15) is 0 Å². The van der Waals surface area contributed by atoms with Crippen LogP contribution in [-0.2, 0) is 13.2 Å². The first-order valence-corrected chi connectivity index (χ1v) is 8.13. The van der Waals surface area contributed by atoms with Crippen LogP contribution in [0.15, 0.2) is 41.0 Å². The number of benzene rings is 1. The summed E-state index contributed by atoms with van der Waals surface area (Å²) in [6.45, 7) is 1.24. The van der Waals surface area contributed by atoms with Gasteiger partial charge in [-0.05, 0) is 59.1 Å². The molecule has 110 valence electrons. The van der Waals surface area contributed by atoms with Crippen molar-refractivity contribution in [2.45, 2.75) is 32.0 Å². The average molecular weight is 368 g/mol. The van der Waals surface area contributed by atoms with E-state index in [1.54, 1.807) is 6.20 Å². The van der Waals surface area contributed by atoms with Crippen LogP contribution >= 0.6 is 27.5 Å². The highest BCUT2D eigenvalue weighted by molar-refractivity contribution is 9.10. The molecule has 1 saturated carbocycles. The van der Waals surface area contributed by atoms with Crippen molar-refractivity contribution in [2.24, 2.45) is 0 Å². The number of aromatic nitrogens is 1. The van der Waals surface area contributed by atoms with E-state index in [0.717, 1.165) is 33.0 Å². The molecular formula is C16H16BrClN2O. The minimum absolute atomic E-state index is 0.450. The summed E-state index contributed by atoms with van der Waals surface area (Å²) in [7, 11) is 0. The van der Waals surface area contributed by atoms with Gasteiger partial charge in [0.2, 0.25) is 0 Å². The molecule has 0 unspecified atom stereocenters. The molecule has 21 heavy (non-hydrogen) atoms. The second-order valence-electron chi connectivity index (χ2n) is 5.16. The number of ether oxygens (including phenoxy) is 1. The van der Waals surface area contributed by atoms with E-state index in [2.05, 4.69) is 26.2 Å². The molecule has 1 heterocycles. The normalized spacial score (nSPS) is 14.2. The Bertz CT molecular complexity index is 614. The van der Waals surface area contributed by atoms with Crippen LogP contribution in [0.2, 0.25) is 5.02 Å². The maximum absolute atomic E-state index is 6.08. The summed E-state index contributed by atoms with van der Waals surface area (Å²) in [6, 6.07) is 10.3. The summed E-state index contributed by atoms with van der Waals surface area (Å²) in [5, 5.41) is 4.22. The molecule has 1 aromatic carbocycles. The molecule has 3 nitrogen and oxygen atoms in total. The van der Waals surface area contributed by atoms with Gasteiger partial charge in [-0.15, -0.1) is 0 Å². The number of nitrogens with one attached hydrogen (secondary N) is 1. The van der Waals surface area contributed by atoms with Crippen LogP contribution in [0.1, 0.15) is 24.1 Å². The molecule has 1 aromatic heterocycles. The minimum Gasteiger partial charge on any atom is -0.487 e. The quantitative estimate of drug-likeness (QED) is 0.825. The molecule has 2 aromatic rings. The summed E-state index contributed by atoms with van der Waals surface area (Å²) >= 11 is 9.46. The highest BCUT2D eigenvalue weighted by Gasteiger charge is 2.20. The van der Waals surface area contributed by atoms with Gasteiger partial charge in [-0.3, -0.25) is 4.98 Å². The Morgan fingerprint density at radius 1 is 1.29 bits per heavy atom. The minimum atomic E-state index is 0.450. The van der Waals surface area contributed by atoms with Crippen molar-refractivity contribution in [3.8, 4) is 5.75 Å². The Morgan fingerprint density at radius 2 is 2.14 bits per heavy atom. The Kier molecular flexibility index (Phi) is 4.78. The van der Waals surface area contributed by atoms with Crippen molar-refractivity contribution in [1.29, 1.82) is 0 Å². The summed E-state index contributed by atoms with van der Waals surface area (Å²) in [5.74, 6) is 0.859. The Balaban J connectivity index is 1.66. The zero-order valence-corrected chi connectivity index (χ0v) is 13.8. The fourth-order valence-electron chi connectivity index (χ4n) is 2.01. The molecule has 0 atom stereocenters. The van der Waals surface area contributed by atoms with Crippen LogP contribution < -0.4 is 10.1 Å². The fourth-order valence-corrected chi connectivity index (χ4v) is 2.44. The lowest BCUT2D eigenvalue weighted by Crippen LogP contribution is -2.16. The number of pyridine rings is 1. The molecule has 0 aliphatic heterocycles. The van der Waals surface area contributed by atoms with Gasteiger partial charge in [-0.25, -0.2) is 0 Å². The predicted molar refractivity (Wildman–Crippen MR) is 87.6 cm³/mol. The summed E-state index contributed by atoms with van der Waals surface area (Å²) in [6.07, 6.45) is 4.30. The molecule has 0 amide bonds. The first-order chi connectivity index (χ1) is 10.2. The van der Waals surface area contributed by atoms with E-state index < -0.39 is 0 Å². The summed E-state index contributed by atoms with van der Waals surface area (Å²) in [4.78, 5) is 4.31. The summed E-state index contributed by atoms with van der Waals surface area (Å²) < 4.78 is 6.86. The lowest BCUT2D eigenvalue weighted by atomic mass is 10.2. The Morgan fingerprint density at radius 3 is 2.86 bits per heavy atom. The number of rotatable bonds is 6. The molecular weight excluding hydrogens is 352 g/mol. The van der Waals surface area contributed by atoms with Gasteiger partial charge in [0.1, 0.15) is 12.4 Å². The van der Waals surface area contributed by atoms with Gasteiger partial charge >= 0.3 is 0 Å². The molecule has 0 bridgehead atoms. The van der Waals surface area contributed by atoms with Gasteiger partial charge in [-0.1, -0.05) is 11.6 Å². The molecule has 5 heteroatoms. The zero-order valence-electron chi connectivity index (χ0n) is 11.5. The molecule has 0 radical (unpaired) electrons. The third-order valence-electron chi connectivity index (χ3n) is 3.35. The first kappa shape index (κ1) is 14.8. The van der Waals surface area contributed by atoms with Crippen LogP contribution in [0.5, 0.6) is 5.75 Å². The van der Waals surface area contributed by atoms with E-state index in [1.165, 1.54) is 12.8 Å². The van der Waals surface area contributed by atoms with Crippen molar-refractivity contribution in [3.05, 3.63) is 57.3 Å². The second kappa shape index (κ2) is 6.77. The molecule has 1 aliphatic carbocycles. The Labute approximate surface area is 137 Å². The monoisotopic (exact) mass is 366 g/mol. The van der Waals surface area contributed by atoms with Crippen molar-refractivity contribution >= 4 is 27.5 Å². The molecule has 0 saturated heterocycles. The maximum atomic E-state index is 6.08. The third-order valence-corrected chi connectivity index (χ3v) is 4.05. The number of hydrogen-bond acceptors (Lipinski definition) is 3. The van der Waals surface area contributed by atoms with Gasteiger partial charge in [-0.2, -0.15) is 0 Å². The average Bonchev–Trinajstić information content (AvgIpc) is 3.30. The molecule has 1 fully saturated rings. The standard InChI is InChI=1S/C16H16BrClN2O/c17-12-1-3-15(20-9-12)10-21-16-6-2-13(18)7-11(16)8-19-14-4-5-14/h1-3,6-7,9,14,19H,4-5,8,10H2. The number of hydrogen-bond donors (Lipinski definition) is 1. The Hall–Kier alpha value is -1.10. The van der Waals surface area contributed by atoms with Crippen molar-refractivity contribution < 1.29 is 4.74 Å². The fraction of sp³-hybridized carbons (Fsp3) is 0.312. The van der Waals surface area contributed by atoms with E-state index in [1.807, 2.05) is 30.3 Å². The van der Waals surface area contributed by atoms with Crippen molar-refractivity contribution in [2.75, 3.05) is 0 Å². The second-order valence-corrected chi connectivity index (χ2v) is 6.52. The molecule has 0 spiro atoms.